The minimum absolute atomic E-state index is 0.173. The molecule has 2 atom stereocenters. The topological polar surface area (TPSA) is 118 Å². The zero-order valence-corrected chi connectivity index (χ0v) is 18.8. The average molecular weight is 410 g/mol. The third-order valence-electron chi connectivity index (χ3n) is 3.19. The largest absolute Gasteiger partial charge is 0.444 e. The number of aromatic nitrogens is 3. The highest BCUT2D eigenvalue weighted by Crippen LogP contribution is 2.14. The van der Waals surface area contributed by atoms with Gasteiger partial charge in [0.25, 0.3) is 0 Å². The highest BCUT2D eigenvalue weighted by atomic mass is 16.6. The van der Waals surface area contributed by atoms with Crippen LogP contribution in [0.4, 0.5) is 9.59 Å². The maximum absolute atomic E-state index is 11.5. The van der Waals surface area contributed by atoms with Crippen LogP contribution in [0.1, 0.15) is 80.0 Å². The third-order valence-corrected chi connectivity index (χ3v) is 3.19. The Bertz CT molecular complexity index is 654. The number of hydrogen-bond acceptors (Lipinski definition) is 6. The average Bonchev–Trinajstić information content (AvgIpc) is 3.09. The molecule has 0 aliphatic rings. The maximum atomic E-state index is 11.5. The SMILES string of the molecule is C#CC(CC)NC(=O)OC(C)(C)C.CCC(NC(=O)OC(C)(C)C)c1cn[nH]n1. The first kappa shape index (κ1) is 26.2. The smallest absolute Gasteiger partial charge is 0.408 e. The molecule has 3 N–H and O–H groups in total. The summed E-state index contributed by atoms with van der Waals surface area (Å²) in [5, 5.41) is 15.5. The van der Waals surface area contributed by atoms with E-state index in [1.807, 2.05) is 55.4 Å². The Hall–Kier alpha value is -2.76. The summed E-state index contributed by atoms with van der Waals surface area (Å²) in [6.07, 6.45) is 7.29. The number of aromatic amines is 1. The summed E-state index contributed by atoms with van der Waals surface area (Å²) in [4.78, 5) is 22.7. The van der Waals surface area contributed by atoms with Crippen LogP contribution in [-0.4, -0.2) is 44.8 Å². The minimum atomic E-state index is -0.494. The second kappa shape index (κ2) is 11.9. The first-order chi connectivity index (χ1) is 13.3. The predicted molar refractivity (Wildman–Crippen MR) is 111 cm³/mol. The number of terminal acetylenes is 1. The van der Waals surface area contributed by atoms with Gasteiger partial charge in [0.1, 0.15) is 16.9 Å². The zero-order valence-electron chi connectivity index (χ0n) is 18.8. The van der Waals surface area contributed by atoms with E-state index in [0.717, 1.165) is 6.42 Å². The van der Waals surface area contributed by atoms with Gasteiger partial charge in [-0.2, -0.15) is 15.4 Å². The first-order valence-corrected chi connectivity index (χ1v) is 9.62. The van der Waals surface area contributed by atoms with Crippen molar-refractivity contribution in [2.24, 2.45) is 0 Å². The van der Waals surface area contributed by atoms with Gasteiger partial charge in [-0.05, 0) is 54.4 Å². The maximum Gasteiger partial charge on any atom is 0.408 e. The molecule has 0 saturated carbocycles. The highest BCUT2D eigenvalue weighted by molar-refractivity contribution is 5.68. The van der Waals surface area contributed by atoms with Crippen LogP contribution >= 0.6 is 0 Å². The number of carbonyl (C=O) groups is 2. The van der Waals surface area contributed by atoms with Crippen LogP contribution in [0, 0.1) is 12.3 Å². The number of nitrogens with zero attached hydrogens (tertiary/aromatic N) is 2. The van der Waals surface area contributed by atoms with Gasteiger partial charge in [-0.25, -0.2) is 9.59 Å². The number of nitrogens with one attached hydrogen (secondary N) is 3. The van der Waals surface area contributed by atoms with Gasteiger partial charge in [0.15, 0.2) is 0 Å². The zero-order chi connectivity index (χ0) is 22.7. The number of rotatable bonds is 5. The van der Waals surface area contributed by atoms with Crippen molar-refractivity contribution in [2.45, 2.75) is 91.5 Å². The second-order valence-electron chi connectivity index (χ2n) is 8.28. The van der Waals surface area contributed by atoms with Gasteiger partial charge in [-0.15, -0.1) is 6.42 Å². The summed E-state index contributed by atoms with van der Waals surface area (Å²) in [5.74, 6) is 2.46. The van der Waals surface area contributed by atoms with Crippen molar-refractivity contribution >= 4 is 12.2 Å². The van der Waals surface area contributed by atoms with Gasteiger partial charge in [0.05, 0.1) is 18.3 Å². The fourth-order valence-electron chi connectivity index (χ4n) is 1.92. The first-order valence-electron chi connectivity index (χ1n) is 9.62. The standard InChI is InChI=1S/C10H18N4O2.C10H17NO2/c1-5-7(8-6-11-14-13-8)12-9(15)16-10(2,3)4;1-6-8(7-2)11-9(12)13-10(3,4)5/h6-7H,5H2,1-4H3,(H,12,15)(H,11,13,14);1,8H,7H2,2-5H3,(H,11,12). The van der Waals surface area contributed by atoms with Crippen LogP contribution in [0.2, 0.25) is 0 Å². The van der Waals surface area contributed by atoms with Crippen LogP contribution in [0.15, 0.2) is 6.20 Å². The van der Waals surface area contributed by atoms with Gasteiger partial charge >= 0.3 is 12.2 Å². The molecule has 0 saturated heterocycles. The molecule has 164 valence electrons. The number of H-pyrrole nitrogens is 1. The lowest BCUT2D eigenvalue weighted by Gasteiger charge is -2.22. The van der Waals surface area contributed by atoms with Crippen molar-refractivity contribution in [1.82, 2.24) is 26.0 Å². The van der Waals surface area contributed by atoms with E-state index in [1.165, 1.54) is 0 Å². The molecule has 1 rings (SSSR count). The Labute approximate surface area is 173 Å². The minimum Gasteiger partial charge on any atom is -0.444 e. The molecule has 9 heteroatoms. The van der Waals surface area contributed by atoms with Crippen molar-refractivity contribution in [3.05, 3.63) is 11.9 Å². The number of carbonyl (C=O) groups excluding carboxylic acids is 2. The molecular weight excluding hydrogens is 374 g/mol. The lowest BCUT2D eigenvalue weighted by atomic mass is 10.2. The fourth-order valence-corrected chi connectivity index (χ4v) is 1.92. The number of ether oxygens (including phenoxy) is 2. The Kier molecular flexibility index (Phi) is 10.8. The Morgan fingerprint density at radius 1 is 1.07 bits per heavy atom. The third kappa shape index (κ3) is 13.1. The van der Waals surface area contributed by atoms with E-state index in [0.29, 0.717) is 12.1 Å². The Balaban J connectivity index is 0.000000555. The van der Waals surface area contributed by atoms with Crippen molar-refractivity contribution in [3.63, 3.8) is 0 Å². The molecule has 2 amide bonds. The summed E-state index contributed by atoms with van der Waals surface area (Å²) in [6.45, 7) is 14.8. The Morgan fingerprint density at radius 2 is 1.59 bits per heavy atom. The molecule has 0 spiro atoms. The lowest BCUT2D eigenvalue weighted by molar-refractivity contribution is 0.0494. The highest BCUT2D eigenvalue weighted by Gasteiger charge is 2.20. The molecule has 0 bridgehead atoms. The monoisotopic (exact) mass is 409 g/mol. The number of hydrogen-bond donors (Lipinski definition) is 3. The van der Waals surface area contributed by atoms with Crippen molar-refractivity contribution in [3.8, 4) is 12.3 Å². The van der Waals surface area contributed by atoms with Crippen molar-refractivity contribution < 1.29 is 19.1 Å². The normalized spacial score (nSPS) is 13.1. The molecule has 1 aromatic heterocycles. The van der Waals surface area contributed by atoms with E-state index < -0.39 is 23.4 Å². The van der Waals surface area contributed by atoms with Gasteiger partial charge in [0, 0.05) is 0 Å². The van der Waals surface area contributed by atoms with Crippen LogP contribution in [0.5, 0.6) is 0 Å². The fraction of sp³-hybridized carbons (Fsp3) is 0.700. The number of alkyl carbamates (subject to hydrolysis) is 2. The van der Waals surface area contributed by atoms with Crippen LogP contribution < -0.4 is 10.6 Å². The molecule has 0 aromatic carbocycles. The molecule has 1 heterocycles. The predicted octanol–water partition coefficient (Wildman–Crippen LogP) is 3.70. The number of amides is 2. The van der Waals surface area contributed by atoms with Gasteiger partial charge in [-0.1, -0.05) is 19.8 Å². The van der Waals surface area contributed by atoms with Gasteiger partial charge in [-0.3, -0.25) is 0 Å². The van der Waals surface area contributed by atoms with Gasteiger partial charge in [0.2, 0.25) is 0 Å². The quantitative estimate of drug-likeness (QED) is 0.638. The summed E-state index contributed by atoms with van der Waals surface area (Å²) in [7, 11) is 0. The molecule has 0 aliphatic carbocycles. The van der Waals surface area contributed by atoms with E-state index in [2.05, 4.69) is 32.0 Å². The van der Waals surface area contributed by atoms with Crippen molar-refractivity contribution in [2.75, 3.05) is 0 Å². The van der Waals surface area contributed by atoms with Crippen LogP contribution in [0.25, 0.3) is 0 Å². The Morgan fingerprint density at radius 3 is 1.93 bits per heavy atom. The van der Waals surface area contributed by atoms with Crippen LogP contribution in [0.3, 0.4) is 0 Å². The molecule has 0 fully saturated rings. The molecule has 0 aliphatic heterocycles. The molecular formula is C20H35N5O4. The van der Waals surface area contributed by atoms with Crippen molar-refractivity contribution in [1.29, 1.82) is 0 Å². The summed E-state index contributed by atoms with van der Waals surface area (Å²) in [6, 6.07) is -0.413. The summed E-state index contributed by atoms with van der Waals surface area (Å²) < 4.78 is 10.2. The molecule has 29 heavy (non-hydrogen) atoms. The van der Waals surface area contributed by atoms with E-state index in [-0.39, 0.29) is 12.1 Å². The van der Waals surface area contributed by atoms with E-state index in [1.54, 1.807) is 6.20 Å². The van der Waals surface area contributed by atoms with E-state index in [9.17, 15) is 9.59 Å². The summed E-state index contributed by atoms with van der Waals surface area (Å²) >= 11 is 0. The second-order valence-corrected chi connectivity index (χ2v) is 8.28. The van der Waals surface area contributed by atoms with Gasteiger partial charge < -0.3 is 20.1 Å². The lowest BCUT2D eigenvalue weighted by Crippen LogP contribution is -2.38. The van der Waals surface area contributed by atoms with E-state index >= 15 is 0 Å². The molecule has 9 nitrogen and oxygen atoms in total. The molecule has 0 radical (unpaired) electrons. The molecule has 1 aromatic rings. The van der Waals surface area contributed by atoms with E-state index in [4.69, 9.17) is 15.9 Å². The summed E-state index contributed by atoms with van der Waals surface area (Å²) in [5.41, 5.74) is -0.267. The van der Waals surface area contributed by atoms with Crippen LogP contribution in [-0.2, 0) is 9.47 Å². The molecule has 2 unspecified atom stereocenters.